The Balaban J connectivity index is 1.62. The van der Waals surface area contributed by atoms with Gasteiger partial charge < -0.3 is 15.5 Å². The lowest BCUT2D eigenvalue weighted by molar-refractivity contribution is -0.121. The second kappa shape index (κ2) is 11.0. The van der Waals surface area contributed by atoms with Gasteiger partial charge in [0.15, 0.2) is 5.96 Å². The number of amides is 1. The first-order valence-corrected chi connectivity index (χ1v) is 12.0. The molecule has 2 N–H and O–H groups in total. The molecule has 6 nitrogen and oxygen atoms in total. The van der Waals surface area contributed by atoms with Crippen LogP contribution in [0.3, 0.4) is 0 Å². The predicted molar refractivity (Wildman–Crippen MR) is 121 cm³/mol. The summed E-state index contributed by atoms with van der Waals surface area (Å²) in [5.74, 6) is 2.25. The molecule has 0 aromatic carbocycles. The molecule has 3 heterocycles. The normalized spacial score (nSPS) is 24.5. The minimum Gasteiger partial charge on any atom is -0.359 e. The van der Waals surface area contributed by atoms with Crippen LogP contribution in [0.2, 0.25) is 0 Å². The molecule has 0 aliphatic carbocycles. The van der Waals surface area contributed by atoms with E-state index >= 15 is 0 Å². The summed E-state index contributed by atoms with van der Waals surface area (Å²) >= 11 is 1.87. The average Bonchev–Trinajstić information content (AvgIpc) is 3.26. The van der Waals surface area contributed by atoms with Gasteiger partial charge in [-0.2, -0.15) is 0 Å². The molecule has 3 rings (SSSR count). The van der Waals surface area contributed by atoms with Gasteiger partial charge in [0.25, 0.3) is 0 Å². The summed E-state index contributed by atoms with van der Waals surface area (Å²) in [6, 6.07) is 4.92. The third-order valence-corrected chi connectivity index (χ3v) is 7.26. The van der Waals surface area contributed by atoms with E-state index in [0.717, 1.165) is 45.0 Å². The zero-order valence-electron chi connectivity index (χ0n) is 18.2. The maximum Gasteiger partial charge on any atom is 0.220 e. The smallest absolute Gasteiger partial charge is 0.220 e. The highest BCUT2D eigenvalue weighted by molar-refractivity contribution is 7.10. The van der Waals surface area contributed by atoms with E-state index < -0.39 is 0 Å². The molecule has 2 aliphatic heterocycles. The lowest BCUT2D eigenvalue weighted by Gasteiger charge is -2.39. The first-order valence-electron chi connectivity index (χ1n) is 11.1. The number of nitrogens with zero attached hydrogens (tertiary/aromatic N) is 3. The Morgan fingerprint density at radius 2 is 2.07 bits per heavy atom. The van der Waals surface area contributed by atoms with E-state index in [1.54, 1.807) is 7.05 Å². The number of aliphatic imine (C=N–C) groups is 1. The second-order valence-electron chi connectivity index (χ2n) is 8.35. The summed E-state index contributed by atoms with van der Waals surface area (Å²) in [5.41, 5.74) is 0. The fourth-order valence-electron chi connectivity index (χ4n) is 4.70. The highest BCUT2D eigenvalue weighted by atomic mass is 32.1. The Kier molecular flexibility index (Phi) is 8.36. The number of carbonyl (C=O) groups excluding carboxylic acids is 1. The van der Waals surface area contributed by atoms with Crippen LogP contribution in [0.25, 0.3) is 0 Å². The third kappa shape index (κ3) is 5.95. The first kappa shape index (κ1) is 22.1. The lowest BCUT2D eigenvalue weighted by Crippen LogP contribution is -2.46. The molecule has 7 heteroatoms. The van der Waals surface area contributed by atoms with Crippen LogP contribution in [0, 0.1) is 11.8 Å². The minimum atomic E-state index is 0.157. The molecule has 29 heavy (non-hydrogen) atoms. The van der Waals surface area contributed by atoms with Crippen molar-refractivity contribution in [1.29, 1.82) is 0 Å². The molecule has 1 aromatic rings. The Hall–Kier alpha value is -1.60. The number of rotatable bonds is 6. The van der Waals surface area contributed by atoms with Crippen molar-refractivity contribution in [3.63, 3.8) is 0 Å². The van der Waals surface area contributed by atoms with E-state index in [-0.39, 0.29) is 5.91 Å². The van der Waals surface area contributed by atoms with Gasteiger partial charge in [-0.3, -0.25) is 14.7 Å². The van der Waals surface area contributed by atoms with Crippen LogP contribution < -0.4 is 10.6 Å². The van der Waals surface area contributed by atoms with Crippen molar-refractivity contribution in [3.05, 3.63) is 22.4 Å². The van der Waals surface area contributed by atoms with Gasteiger partial charge in [-0.15, -0.1) is 11.3 Å². The standard InChI is InChI=1S/C22H37N5OS/c1-4-24-22(27-12-9-17(10-13-27)15-20(28)23-2)25-16-18-7-5-11-26(3)21(18)19-8-6-14-29-19/h6,8,14,17-18,21H,4-5,7,9-13,15-16H2,1-3H3,(H,23,28)(H,24,25). The molecule has 2 unspecified atom stereocenters. The number of guanidine groups is 1. The summed E-state index contributed by atoms with van der Waals surface area (Å²) < 4.78 is 0. The molecule has 2 fully saturated rings. The maximum atomic E-state index is 11.7. The zero-order valence-corrected chi connectivity index (χ0v) is 19.0. The number of hydrogen-bond donors (Lipinski definition) is 2. The van der Waals surface area contributed by atoms with E-state index in [9.17, 15) is 4.79 Å². The highest BCUT2D eigenvalue weighted by Crippen LogP contribution is 2.37. The fourth-order valence-corrected chi connectivity index (χ4v) is 5.69. The van der Waals surface area contributed by atoms with E-state index in [2.05, 4.69) is 51.9 Å². The number of hydrogen-bond acceptors (Lipinski definition) is 4. The van der Waals surface area contributed by atoms with Crippen LogP contribution in [0.1, 0.15) is 49.9 Å². The van der Waals surface area contributed by atoms with Gasteiger partial charge >= 0.3 is 0 Å². The van der Waals surface area contributed by atoms with E-state index in [4.69, 9.17) is 4.99 Å². The molecule has 0 spiro atoms. The Bertz CT molecular complexity index is 654. The monoisotopic (exact) mass is 419 g/mol. The number of carbonyl (C=O) groups is 1. The predicted octanol–water partition coefficient (Wildman–Crippen LogP) is 2.94. The summed E-state index contributed by atoms with van der Waals surface area (Å²) in [7, 11) is 3.97. The molecule has 0 saturated carbocycles. The van der Waals surface area contributed by atoms with Gasteiger partial charge in [0.2, 0.25) is 5.91 Å². The highest BCUT2D eigenvalue weighted by Gasteiger charge is 2.31. The van der Waals surface area contributed by atoms with Gasteiger partial charge in [-0.1, -0.05) is 6.07 Å². The molecule has 2 saturated heterocycles. The quantitative estimate of drug-likeness (QED) is 0.550. The molecule has 1 amide bonds. The number of likely N-dealkylation sites (tertiary alicyclic amines) is 2. The number of piperidine rings is 2. The van der Waals surface area contributed by atoms with E-state index in [0.29, 0.717) is 24.3 Å². The fraction of sp³-hybridized carbons (Fsp3) is 0.727. The van der Waals surface area contributed by atoms with Crippen LogP contribution in [0.15, 0.2) is 22.5 Å². The lowest BCUT2D eigenvalue weighted by atomic mass is 9.88. The first-order chi connectivity index (χ1) is 14.1. The topological polar surface area (TPSA) is 60.0 Å². The van der Waals surface area contributed by atoms with Gasteiger partial charge in [0.05, 0.1) is 0 Å². The van der Waals surface area contributed by atoms with Crippen molar-refractivity contribution in [1.82, 2.24) is 20.4 Å². The Labute approximate surface area is 179 Å². The van der Waals surface area contributed by atoms with Crippen LogP contribution >= 0.6 is 11.3 Å². The Morgan fingerprint density at radius 1 is 1.28 bits per heavy atom. The molecular weight excluding hydrogens is 382 g/mol. The number of thiophene rings is 1. The van der Waals surface area contributed by atoms with Crippen molar-refractivity contribution in [2.75, 3.05) is 46.8 Å². The molecular formula is C22H37N5OS. The van der Waals surface area contributed by atoms with Crippen LogP contribution in [0.4, 0.5) is 0 Å². The van der Waals surface area contributed by atoms with Crippen LogP contribution in [-0.4, -0.2) is 68.5 Å². The molecule has 1 aromatic heterocycles. The average molecular weight is 420 g/mol. The van der Waals surface area contributed by atoms with Crippen LogP contribution in [0.5, 0.6) is 0 Å². The maximum absolute atomic E-state index is 11.7. The molecule has 0 bridgehead atoms. The van der Waals surface area contributed by atoms with Gasteiger partial charge in [0, 0.05) is 50.6 Å². The molecule has 2 atom stereocenters. The summed E-state index contributed by atoms with van der Waals surface area (Å²) in [6.07, 6.45) is 5.25. The van der Waals surface area contributed by atoms with Crippen LogP contribution in [-0.2, 0) is 4.79 Å². The summed E-state index contributed by atoms with van der Waals surface area (Å²) in [6.45, 7) is 7.01. The number of nitrogens with one attached hydrogen (secondary N) is 2. The SMILES string of the molecule is CCNC(=NCC1CCCN(C)C1c1cccs1)N1CCC(CC(=O)NC)CC1. The molecule has 0 radical (unpaired) electrons. The van der Waals surface area contributed by atoms with Crippen molar-refractivity contribution in [2.45, 2.75) is 45.1 Å². The minimum absolute atomic E-state index is 0.157. The van der Waals surface area contributed by atoms with Crippen molar-refractivity contribution >= 4 is 23.2 Å². The summed E-state index contributed by atoms with van der Waals surface area (Å²) in [5, 5.41) is 8.44. The van der Waals surface area contributed by atoms with Gasteiger partial charge in [0.1, 0.15) is 0 Å². The van der Waals surface area contributed by atoms with Gasteiger partial charge in [-0.25, -0.2) is 0 Å². The molecule has 162 valence electrons. The second-order valence-corrected chi connectivity index (χ2v) is 9.32. The largest absolute Gasteiger partial charge is 0.359 e. The zero-order chi connectivity index (χ0) is 20.6. The summed E-state index contributed by atoms with van der Waals surface area (Å²) in [4.78, 5) is 23.1. The van der Waals surface area contributed by atoms with Crippen molar-refractivity contribution < 1.29 is 4.79 Å². The third-order valence-electron chi connectivity index (χ3n) is 6.32. The van der Waals surface area contributed by atoms with Crippen molar-refractivity contribution in [2.24, 2.45) is 16.8 Å². The molecule has 2 aliphatic rings. The van der Waals surface area contributed by atoms with Gasteiger partial charge in [-0.05, 0) is 69.5 Å². The van der Waals surface area contributed by atoms with E-state index in [1.807, 2.05) is 11.3 Å². The van der Waals surface area contributed by atoms with E-state index in [1.165, 1.54) is 24.3 Å². The van der Waals surface area contributed by atoms with Crippen molar-refractivity contribution in [3.8, 4) is 0 Å². The Morgan fingerprint density at radius 3 is 2.72 bits per heavy atom.